The van der Waals surface area contributed by atoms with Crippen LogP contribution in [0.3, 0.4) is 0 Å². The van der Waals surface area contributed by atoms with Crippen LogP contribution < -0.4 is 16.6 Å². The van der Waals surface area contributed by atoms with Gasteiger partial charge in [-0.3, -0.25) is 10.9 Å². The topological polar surface area (TPSA) is 67.2 Å². The van der Waals surface area contributed by atoms with Crippen molar-refractivity contribution in [3.8, 4) is 0 Å². The molecule has 70 valence electrons. The quantitative estimate of drug-likeness (QED) is 0.599. The van der Waals surface area contributed by atoms with Gasteiger partial charge in [-0.25, -0.2) is 4.79 Å². The smallest absolute Gasteiger partial charge is 0.330 e. The second-order valence-electron chi connectivity index (χ2n) is 2.99. The first-order chi connectivity index (χ1) is 6.08. The normalized spacial score (nSPS) is 9.38. The van der Waals surface area contributed by atoms with Crippen molar-refractivity contribution in [1.82, 2.24) is 5.43 Å². The van der Waals surface area contributed by atoms with E-state index in [4.69, 9.17) is 5.73 Å². The van der Waals surface area contributed by atoms with Crippen molar-refractivity contribution >= 4 is 11.7 Å². The zero-order valence-corrected chi connectivity index (χ0v) is 7.72. The molecule has 1 aromatic rings. The Labute approximate surface area is 77.1 Å². The van der Waals surface area contributed by atoms with Gasteiger partial charge in [0.2, 0.25) is 0 Å². The molecule has 0 radical (unpaired) electrons. The summed E-state index contributed by atoms with van der Waals surface area (Å²) in [6.07, 6.45) is 0. The van der Waals surface area contributed by atoms with Gasteiger partial charge in [0.15, 0.2) is 0 Å². The summed E-state index contributed by atoms with van der Waals surface area (Å²) in [7, 11) is 0. The molecule has 4 heteroatoms. The summed E-state index contributed by atoms with van der Waals surface area (Å²) in [4.78, 5) is 10.4. The maximum Gasteiger partial charge on any atom is 0.330 e. The molecule has 0 heterocycles. The first-order valence-electron chi connectivity index (χ1n) is 3.97. The Bertz CT molecular complexity index is 302. The highest BCUT2D eigenvalue weighted by atomic mass is 16.2. The molecule has 0 atom stereocenters. The Balaban J connectivity index is 2.71. The third-order valence-electron chi connectivity index (χ3n) is 1.55. The molecule has 0 aromatic heterocycles. The number of primary amides is 1. The van der Waals surface area contributed by atoms with Crippen LogP contribution in [0.5, 0.6) is 0 Å². The Morgan fingerprint density at radius 3 is 2.23 bits per heavy atom. The van der Waals surface area contributed by atoms with Crippen LogP contribution in [0.1, 0.15) is 11.1 Å². The van der Waals surface area contributed by atoms with Gasteiger partial charge in [0.05, 0.1) is 5.69 Å². The Kier molecular flexibility index (Phi) is 2.74. The van der Waals surface area contributed by atoms with Crippen molar-refractivity contribution in [3.05, 3.63) is 29.3 Å². The van der Waals surface area contributed by atoms with E-state index in [1.165, 1.54) is 0 Å². The Morgan fingerprint density at radius 2 is 1.77 bits per heavy atom. The summed E-state index contributed by atoms with van der Waals surface area (Å²) in [5.41, 5.74) is 13.0. The highest BCUT2D eigenvalue weighted by Crippen LogP contribution is 2.12. The number of amides is 2. The number of hydrazine groups is 1. The number of rotatable bonds is 2. The second-order valence-corrected chi connectivity index (χ2v) is 2.99. The predicted molar refractivity (Wildman–Crippen MR) is 52.3 cm³/mol. The minimum Gasteiger partial charge on any atom is -0.350 e. The van der Waals surface area contributed by atoms with Gasteiger partial charge >= 0.3 is 6.03 Å². The number of carbonyl (C=O) groups is 1. The molecule has 0 spiro atoms. The summed E-state index contributed by atoms with van der Waals surface area (Å²) in [5, 5.41) is 0. The molecule has 1 rings (SSSR count). The van der Waals surface area contributed by atoms with E-state index in [1.54, 1.807) is 0 Å². The molecule has 0 bridgehead atoms. The Hall–Kier alpha value is -1.71. The molecule has 0 aliphatic heterocycles. The molecular weight excluding hydrogens is 166 g/mol. The van der Waals surface area contributed by atoms with Crippen molar-refractivity contribution in [2.24, 2.45) is 5.73 Å². The van der Waals surface area contributed by atoms with E-state index < -0.39 is 6.03 Å². The number of urea groups is 1. The molecule has 4 nitrogen and oxygen atoms in total. The third kappa shape index (κ3) is 3.02. The predicted octanol–water partition coefficient (Wildman–Crippen LogP) is 1.30. The summed E-state index contributed by atoms with van der Waals surface area (Å²) in [5.74, 6) is 0. The van der Waals surface area contributed by atoms with Crippen molar-refractivity contribution < 1.29 is 4.79 Å². The van der Waals surface area contributed by atoms with Crippen molar-refractivity contribution in [1.29, 1.82) is 0 Å². The van der Waals surface area contributed by atoms with Gasteiger partial charge in [0.1, 0.15) is 0 Å². The second kappa shape index (κ2) is 3.80. The molecule has 0 aliphatic carbocycles. The molecule has 2 amide bonds. The number of nitrogens with two attached hydrogens (primary N) is 1. The molecule has 0 fully saturated rings. The largest absolute Gasteiger partial charge is 0.350 e. The van der Waals surface area contributed by atoms with Gasteiger partial charge < -0.3 is 5.73 Å². The zero-order valence-electron chi connectivity index (χ0n) is 7.72. The van der Waals surface area contributed by atoms with Crippen molar-refractivity contribution in [3.63, 3.8) is 0 Å². The highest BCUT2D eigenvalue weighted by Gasteiger charge is 1.95. The number of carbonyl (C=O) groups excluding carboxylic acids is 1. The lowest BCUT2D eigenvalue weighted by Crippen LogP contribution is -2.34. The van der Waals surface area contributed by atoms with E-state index in [9.17, 15) is 4.79 Å². The number of aryl methyl sites for hydroxylation is 2. The van der Waals surface area contributed by atoms with Crippen LogP contribution in [0.2, 0.25) is 0 Å². The average Bonchev–Trinajstić information content (AvgIpc) is 1.99. The fourth-order valence-corrected chi connectivity index (χ4v) is 1.18. The minimum atomic E-state index is -0.598. The summed E-state index contributed by atoms with van der Waals surface area (Å²) < 4.78 is 0. The van der Waals surface area contributed by atoms with Crippen LogP contribution in [0.4, 0.5) is 10.5 Å². The molecular formula is C9H13N3O. The van der Waals surface area contributed by atoms with Crippen LogP contribution >= 0.6 is 0 Å². The maximum absolute atomic E-state index is 10.4. The highest BCUT2D eigenvalue weighted by molar-refractivity contribution is 5.73. The monoisotopic (exact) mass is 179 g/mol. The van der Waals surface area contributed by atoms with E-state index >= 15 is 0 Å². The minimum absolute atomic E-state index is 0.598. The number of benzene rings is 1. The lowest BCUT2D eigenvalue weighted by Gasteiger charge is -2.07. The number of nitrogens with one attached hydrogen (secondary N) is 2. The number of hydrogen-bond acceptors (Lipinski definition) is 2. The van der Waals surface area contributed by atoms with E-state index in [1.807, 2.05) is 26.0 Å². The van der Waals surface area contributed by atoms with Crippen LogP contribution in [-0.4, -0.2) is 6.03 Å². The zero-order chi connectivity index (χ0) is 9.84. The molecule has 0 unspecified atom stereocenters. The molecule has 1 aromatic carbocycles. The first kappa shape index (κ1) is 9.38. The molecule has 0 saturated carbocycles. The number of anilines is 1. The fourth-order valence-electron chi connectivity index (χ4n) is 1.18. The summed E-state index contributed by atoms with van der Waals surface area (Å²) >= 11 is 0. The van der Waals surface area contributed by atoms with Crippen molar-refractivity contribution in [2.75, 3.05) is 5.43 Å². The SMILES string of the molecule is Cc1cc(C)cc(NNC(N)=O)c1. The summed E-state index contributed by atoms with van der Waals surface area (Å²) in [6, 6.07) is 5.29. The molecule has 4 N–H and O–H groups in total. The van der Waals surface area contributed by atoms with Gasteiger partial charge in [-0.05, 0) is 37.1 Å². The third-order valence-corrected chi connectivity index (χ3v) is 1.55. The summed E-state index contributed by atoms with van der Waals surface area (Å²) in [6.45, 7) is 3.98. The van der Waals surface area contributed by atoms with Crippen LogP contribution in [0, 0.1) is 13.8 Å². The van der Waals surface area contributed by atoms with Gasteiger partial charge in [-0.15, -0.1) is 0 Å². The average molecular weight is 179 g/mol. The van der Waals surface area contributed by atoms with Gasteiger partial charge in [0, 0.05) is 0 Å². The number of hydrogen-bond donors (Lipinski definition) is 3. The first-order valence-corrected chi connectivity index (χ1v) is 3.97. The van der Waals surface area contributed by atoms with Crippen LogP contribution in [0.15, 0.2) is 18.2 Å². The van der Waals surface area contributed by atoms with Crippen LogP contribution in [-0.2, 0) is 0 Å². The van der Waals surface area contributed by atoms with Crippen molar-refractivity contribution in [2.45, 2.75) is 13.8 Å². The standard InChI is InChI=1S/C9H13N3O/c1-6-3-7(2)5-8(4-6)11-12-9(10)13/h3-5,11H,1-2H3,(H3,10,12,13). The maximum atomic E-state index is 10.4. The van der Waals surface area contributed by atoms with Gasteiger partial charge in [0.25, 0.3) is 0 Å². The molecule has 0 saturated heterocycles. The van der Waals surface area contributed by atoms with E-state index in [2.05, 4.69) is 16.9 Å². The lowest BCUT2D eigenvalue weighted by molar-refractivity contribution is 0.250. The lowest BCUT2D eigenvalue weighted by atomic mass is 10.1. The van der Waals surface area contributed by atoms with Crippen LogP contribution in [0.25, 0.3) is 0 Å². The fraction of sp³-hybridized carbons (Fsp3) is 0.222. The van der Waals surface area contributed by atoms with E-state index in [-0.39, 0.29) is 0 Å². The van der Waals surface area contributed by atoms with E-state index in [0.717, 1.165) is 16.8 Å². The van der Waals surface area contributed by atoms with Gasteiger partial charge in [-0.2, -0.15) is 0 Å². The van der Waals surface area contributed by atoms with Gasteiger partial charge in [-0.1, -0.05) is 6.07 Å². The van der Waals surface area contributed by atoms with E-state index in [0.29, 0.717) is 0 Å². The molecule has 13 heavy (non-hydrogen) atoms. The molecule has 0 aliphatic rings. The Morgan fingerprint density at radius 1 is 1.23 bits per heavy atom.